The second kappa shape index (κ2) is 7.54. The lowest BCUT2D eigenvalue weighted by molar-refractivity contribution is -0.367. The molecule has 1 amide bonds. The smallest absolute Gasteiger partial charge is 0.325 e. The van der Waals surface area contributed by atoms with Crippen LogP contribution < -0.4 is 15.2 Å². The van der Waals surface area contributed by atoms with E-state index >= 15 is 0 Å². The predicted molar refractivity (Wildman–Crippen MR) is 92.7 cm³/mol. The number of H-pyrrole nitrogens is 1. The SMILES string of the molecule is Cc1ccc(F)cc1NC(=O)C1CCN(c2ccc(C(F)(F)F)c[nH+]2)CC1. The van der Waals surface area contributed by atoms with Crippen LogP contribution in [-0.4, -0.2) is 19.0 Å². The van der Waals surface area contributed by atoms with E-state index in [4.69, 9.17) is 0 Å². The fourth-order valence-electron chi connectivity index (χ4n) is 3.14. The van der Waals surface area contributed by atoms with Crippen molar-refractivity contribution in [2.45, 2.75) is 25.9 Å². The maximum absolute atomic E-state index is 13.3. The minimum Gasteiger partial charge on any atom is -0.325 e. The fourth-order valence-corrected chi connectivity index (χ4v) is 3.14. The van der Waals surface area contributed by atoms with E-state index in [-0.39, 0.29) is 11.8 Å². The third-order valence-corrected chi connectivity index (χ3v) is 4.79. The molecule has 1 fully saturated rings. The Labute approximate surface area is 154 Å². The summed E-state index contributed by atoms with van der Waals surface area (Å²) in [6.07, 6.45) is -2.31. The number of anilines is 2. The quantitative estimate of drug-likeness (QED) is 0.821. The van der Waals surface area contributed by atoms with Crippen molar-refractivity contribution < 1.29 is 27.3 Å². The number of carbonyl (C=O) groups is 1. The number of carbonyl (C=O) groups excluding carboxylic acids is 1. The number of nitrogens with zero attached hydrogens (tertiary/aromatic N) is 1. The highest BCUT2D eigenvalue weighted by Gasteiger charge is 2.33. The van der Waals surface area contributed by atoms with Crippen LogP contribution in [0.15, 0.2) is 36.5 Å². The number of amides is 1. The lowest BCUT2D eigenvalue weighted by atomic mass is 9.95. The predicted octanol–water partition coefficient (Wildman–Crippen LogP) is 3.82. The van der Waals surface area contributed by atoms with E-state index in [1.165, 1.54) is 18.2 Å². The molecule has 0 spiro atoms. The highest BCUT2D eigenvalue weighted by Crippen LogP contribution is 2.29. The van der Waals surface area contributed by atoms with Crippen molar-refractivity contribution in [3.05, 3.63) is 53.5 Å². The summed E-state index contributed by atoms with van der Waals surface area (Å²) in [5, 5.41) is 2.77. The summed E-state index contributed by atoms with van der Waals surface area (Å²) in [7, 11) is 0. The molecule has 1 aliphatic rings. The van der Waals surface area contributed by atoms with Gasteiger partial charge in [-0.1, -0.05) is 6.07 Å². The molecule has 3 rings (SSSR count). The zero-order valence-corrected chi connectivity index (χ0v) is 14.7. The molecule has 1 aromatic carbocycles. The number of pyridine rings is 1. The molecule has 0 bridgehead atoms. The summed E-state index contributed by atoms with van der Waals surface area (Å²) in [6, 6.07) is 6.67. The van der Waals surface area contributed by atoms with Gasteiger partial charge in [-0.25, -0.2) is 9.37 Å². The molecule has 0 aliphatic carbocycles. The first kappa shape index (κ1) is 19.1. The van der Waals surface area contributed by atoms with Crippen molar-refractivity contribution in [2.24, 2.45) is 5.92 Å². The average Bonchev–Trinajstić information content (AvgIpc) is 2.64. The first-order chi connectivity index (χ1) is 12.7. The van der Waals surface area contributed by atoms with E-state index in [2.05, 4.69) is 10.3 Å². The number of aryl methyl sites for hydroxylation is 1. The molecule has 4 nitrogen and oxygen atoms in total. The van der Waals surface area contributed by atoms with E-state index in [0.29, 0.717) is 37.4 Å². The molecular formula is C19H20F4N3O+. The molecule has 2 N–H and O–H groups in total. The fraction of sp³-hybridized carbons (Fsp3) is 0.368. The third-order valence-electron chi connectivity index (χ3n) is 4.79. The van der Waals surface area contributed by atoms with Crippen LogP contribution in [0.3, 0.4) is 0 Å². The van der Waals surface area contributed by atoms with Crippen molar-refractivity contribution in [1.29, 1.82) is 0 Å². The van der Waals surface area contributed by atoms with Crippen LogP contribution in [0, 0.1) is 18.7 Å². The molecule has 2 aromatic rings. The van der Waals surface area contributed by atoms with Gasteiger partial charge in [0.25, 0.3) is 5.82 Å². The summed E-state index contributed by atoms with van der Waals surface area (Å²) < 4.78 is 51.2. The van der Waals surface area contributed by atoms with E-state index in [9.17, 15) is 22.4 Å². The first-order valence-electron chi connectivity index (χ1n) is 8.65. The van der Waals surface area contributed by atoms with E-state index in [1.807, 2.05) is 4.90 Å². The Balaban J connectivity index is 1.58. The Bertz CT molecular complexity index is 813. The highest BCUT2D eigenvalue weighted by atomic mass is 19.4. The van der Waals surface area contributed by atoms with Crippen molar-refractivity contribution >= 4 is 17.4 Å². The van der Waals surface area contributed by atoms with E-state index < -0.39 is 17.6 Å². The maximum Gasteiger partial charge on any atom is 0.419 e. The number of aromatic amines is 1. The van der Waals surface area contributed by atoms with Crippen LogP contribution in [0.5, 0.6) is 0 Å². The highest BCUT2D eigenvalue weighted by molar-refractivity contribution is 5.93. The van der Waals surface area contributed by atoms with Crippen LogP contribution in [0.2, 0.25) is 0 Å². The lowest BCUT2D eigenvalue weighted by Crippen LogP contribution is -2.40. The third kappa shape index (κ3) is 4.56. The van der Waals surface area contributed by atoms with Crippen LogP contribution in [0.4, 0.5) is 29.1 Å². The monoisotopic (exact) mass is 382 g/mol. The molecule has 0 unspecified atom stereocenters. The number of halogens is 4. The number of alkyl halides is 3. The van der Waals surface area contributed by atoms with Crippen molar-refractivity contribution in [2.75, 3.05) is 23.3 Å². The molecule has 144 valence electrons. The summed E-state index contributed by atoms with van der Waals surface area (Å²) >= 11 is 0. The summed E-state index contributed by atoms with van der Waals surface area (Å²) in [4.78, 5) is 17.0. The van der Waals surface area contributed by atoms with Crippen LogP contribution in [-0.2, 0) is 11.0 Å². The summed E-state index contributed by atoms with van der Waals surface area (Å²) in [5.74, 6) is -0.218. The molecule has 1 saturated heterocycles. The van der Waals surface area contributed by atoms with Gasteiger partial charge in [-0.2, -0.15) is 13.2 Å². The van der Waals surface area contributed by atoms with E-state index in [1.54, 1.807) is 13.0 Å². The molecular weight excluding hydrogens is 362 g/mol. The molecule has 0 atom stereocenters. The molecule has 8 heteroatoms. The summed E-state index contributed by atoms with van der Waals surface area (Å²) in [6.45, 7) is 2.88. The number of piperidine rings is 1. The Kier molecular flexibility index (Phi) is 5.34. The van der Waals surface area contributed by atoms with Crippen LogP contribution in [0.25, 0.3) is 0 Å². The zero-order chi connectivity index (χ0) is 19.6. The van der Waals surface area contributed by atoms with Gasteiger partial charge in [0.15, 0.2) is 0 Å². The number of hydrogen-bond donors (Lipinski definition) is 1. The molecule has 2 heterocycles. The van der Waals surface area contributed by atoms with Gasteiger partial charge in [0.1, 0.15) is 12.0 Å². The van der Waals surface area contributed by atoms with Gasteiger partial charge < -0.3 is 5.32 Å². The Morgan fingerprint density at radius 3 is 2.48 bits per heavy atom. The molecule has 27 heavy (non-hydrogen) atoms. The number of hydrogen-bond acceptors (Lipinski definition) is 2. The van der Waals surface area contributed by atoms with Gasteiger partial charge in [-0.3, -0.25) is 9.69 Å². The standard InChI is InChI=1S/C19H19F4N3O/c1-12-2-4-15(20)10-16(12)25-18(27)13-6-8-26(9-7-13)17-5-3-14(11-24-17)19(21,22)23/h2-5,10-11,13H,6-9H2,1H3,(H,25,27)/p+1. The molecule has 0 radical (unpaired) electrons. The van der Waals surface area contributed by atoms with Gasteiger partial charge in [0.2, 0.25) is 5.91 Å². The largest absolute Gasteiger partial charge is 0.419 e. The van der Waals surface area contributed by atoms with Crippen LogP contribution >= 0.6 is 0 Å². The Hall–Kier alpha value is -2.64. The summed E-state index contributed by atoms with van der Waals surface area (Å²) in [5.41, 5.74) is 0.506. The van der Waals surface area contributed by atoms with Crippen LogP contribution in [0.1, 0.15) is 24.0 Å². The van der Waals surface area contributed by atoms with Gasteiger partial charge >= 0.3 is 6.18 Å². The lowest BCUT2D eigenvalue weighted by Gasteiger charge is -2.27. The van der Waals surface area contributed by atoms with Gasteiger partial charge in [0, 0.05) is 17.7 Å². The van der Waals surface area contributed by atoms with E-state index in [0.717, 1.165) is 17.8 Å². The van der Waals surface area contributed by atoms with Crippen molar-refractivity contribution in [3.63, 3.8) is 0 Å². The minimum atomic E-state index is -4.38. The van der Waals surface area contributed by atoms with Gasteiger partial charge in [-0.05, 0) is 43.5 Å². The normalized spacial score (nSPS) is 15.7. The molecule has 1 aromatic heterocycles. The second-order valence-electron chi connectivity index (χ2n) is 6.67. The van der Waals surface area contributed by atoms with Gasteiger partial charge in [0.05, 0.1) is 18.7 Å². The number of rotatable bonds is 3. The Morgan fingerprint density at radius 1 is 1.19 bits per heavy atom. The topological polar surface area (TPSA) is 46.5 Å². The number of aromatic nitrogens is 1. The number of benzene rings is 1. The molecule has 0 saturated carbocycles. The van der Waals surface area contributed by atoms with Crippen molar-refractivity contribution in [3.8, 4) is 0 Å². The first-order valence-corrected chi connectivity index (χ1v) is 8.65. The number of nitrogens with one attached hydrogen (secondary N) is 2. The zero-order valence-electron chi connectivity index (χ0n) is 14.7. The van der Waals surface area contributed by atoms with Crippen molar-refractivity contribution in [1.82, 2.24) is 0 Å². The minimum absolute atomic E-state index is 0.167. The average molecular weight is 382 g/mol. The maximum atomic E-state index is 13.3. The Morgan fingerprint density at radius 2 is 1.89 bits per heavy atom. The van der Waals surface area contributed by atoms with Gasteiger partial charge in [-0.15, -0.1) is 0 Å². The molecule has 1 aliphatic heterocycles. The second-order valence-corrected chi connectivity index (χ2v) is 6.67.